The van der Waals surface area contributed by atoms with Gasteiger partial charge in [-0.1, -0.05) is 0 Å². The van der Waals surface area contributed by atoms with Gasteiger partial charge >= 0.3 is 0 Å². The number of phenols is 1. The van der Waals surface area contributed by atoms with Crippen LogP contribution in [0.4, 0.5) is 0 Å². The number of fused-ring (bicyclic) bond motifs is 1. The van der Waals surface area contributed by atoms with Crippen molar-refractivity contribution in [2.45, 2.75) is 12.8 Å². The van der Waals surface area contributed by atoms with E-state index in [0.717, 1.165) is 23.3 Å². The lowest BCUT2D eigenvalue weighted by atomic mass is 9.86. The molecule has 0 fully saturated rings. The Balaban J connectivity index is 1.98. The van der Waals surface area contributed by atoms with Gasteiger partial charge in [0.15, 0.2) is 17.3 Å². The van der Waals surface area contributed by atoms with Gasteiger partial charge in [0.1, 0.15) is 5.75 Å². The molecule has 0 aliphatic heterocycles. The summed E-state index contributed by atoms with van der Waals surface area (Å²) in [4.78, 5) is 12.8. The lowest BCUT2D eigenvalue weighted by Gasteiger charge is -2.18. The zero-order valence-corrected chi connectivity index (χ0v) is 14.5. The molecule has 1 N–H and O–H groups in total. The Morgan fingerprint density at radius 3 is 2.24 bits per heavy atom. The fourth-order valence-corrected chi connectivity index (χ4v) is 3.02. The molecule has 0 saturated heterocycles. The Morgan fingerprint density at radius 2 is 1.64 bits per heavy atom. The molecule has 1 aliphatic rings. The standard InChI is InChI=1S/C20H20O5/c1-23-15-6-7-16-13(11-15)4-5-14(19(16)21)8-12-9-17(24-2)20(22)18(10-12)25-3/h6-11,22H,4-5H2,1-3H3/b14-8-. The first-order valence-electron chi connectivity index (χ1n) is 7.94. The van der Waals surface area contributed by atoms with Crippen LogP contribution in [0.25, 0.3) is 6.08 Å². The predicted molar refractivity (Wildman–Crippen MR) is 94.8 cm³/mol. The van der Waals surface area contributed by atoms with Gasteiger partial charge in [-0.25, -0.2) is 0 Å². The van der Waals surface area contributed by atoms with Gasteiger partial charge < -0.3 is 19.3 Å². The zero-order chi connectivity index (χ0) is 18.0. The molecule has 2 aromatic carbocycles. The Kier molecular flexibility index (Phi) is 4.65. The van der Waals surface area contributed by atoms with Gasteiger partial charge in [-0.2, -0.15) is 0 Å². The number of aryl methyl sites for hydroxylation is 1. The summed E-state index contributed by atoms with van der Waals surface area (Å²) in [6.07, 6.45) is 3.24. The monoisotopic (exact) mass is 340 g/mol. The Hall–Kier alpha value is -2.95. The van der Waals surface area contributed by atoms with E-state index in [2.05, 4.69) is 0 Å². The number of ketones is 1. The number of hydrogen-bond donors (Lipinski definition) is 1. The van der Waals surface area contributed by atoms with Gasteiger partial charge in [0.2, 0.25) is 5.75 Å². The average Bonchev–Trinajstić information content (AvgIpc) is 2.64. The van der Waals surface area contributed by atoms with Crippen LogP contribution in [0.2, 0.25) is 0 Å². The molecule has 0 saturated carbocycles. The van der Waals surface area contributed by atoms with E-state index in [1.807, 2.05) is 18.2 Å². The van der Waals surface area contributed by atoms with Crippen molar-refractivity contribution in [3.8, 4) is 23.0 Å². The van der Waals surface area contributed by atoms with Crippen LogP contribution < -0.4 is 14.2 Å². The number of aromatic hydroxyl groups is 1. The SMILES string of the molecule is COc1ccc2c(c1)CC/C(=C/c1cc(OC)c(O)c(OC)c1)C2=O. The number of allylic oxidation sites excluding steroid dienone is 1. The molecular formula is C20H20O5. The second-order valence-corrected chi connectivity index (χ2v) is 5.80. The molecule has 0 atom stereocenters. The lowest BCUT2D eigenvalue weighted by Crippen LogP contribution is -2.14. The Bertz CT molecular complexity index is 826. The summed E-state index contributed by atoms with van der Waals surface area (Å²) in [5, 5.41) is 10.0. The van der Waals surface area contributed by atoms with Gasteiger partial charge in [-0.3, -0.25) is 4.79 Å². The smallest absolute Gasteiger partial charge is 0.200 e. The number of benzene rings is 2. The largest absolute Gasteiger partial charge is 0.502 e. The van der Waals surface area contributed by atoms with Crippen LogP contribution in [0.3, 0.4) is 0 Å². The molecule has 0 radical (unpaired) electrons. The van der Waals surface area contributed by atoms with Gasteiger partial charge in [0.25, 0.3) is 0 Å². The molecule has 130 valence electrons. The van der Waals surface area contributed by atoms with E-state index in [4.69, 9.17) is 14.2 Å². The molecule has 0 spiro atoms. The fourth-order valence-electron chi connectivity index (χ4n) is 3.02. The molecule has 25 heavy (non-hydrogen) atoms. The summed E-state index contributed by atoms with van der Waals surface area (Å²) in [6.45, 7) is 0. The summed E-state index contributed by atoms with van der Waals surface area (Å²) in [6, 6.07) is 8.88. The third kappa shape index (κ3) is 3.18. The number of carbonyl (C=O) groups is 1. The molecule has 3 rings (SSSR count). The number of hydrogen-bond acceptors (Lipinski definition) is 5. The molecule has 0 heterocycles. The minimum absolute atomic E-state index is 0.00918. The van der Waals surface area contributed by atoms with Crippen molar-refractivity contribution < 1.29 is 24.1 Å². The first-order chi connectivity index (χ1) is 12.1. The summed E-state index contributed by atoms with van der Waals surface area (Å²) < 4.78 is 15.6. The molecule has 0 unspecified atom stereocenters. The molecule has 0 aromatic heterocycles. The Labute approximate surface area is 146 Å². The highest BCUT2D eigenvalue weighted by molar-refractivity contribution is 6.13. The highest BCUT2D eigenvalue weighted by Crippen LogP contribution is 2.38. The normalized spacial score (nSPS) is 15.0. The van der Waals surface area contributed by atoms with Crippen molar-refractivity contribution in [2.75, 3.05) is 21.3 Å². The highest BCUT2D eigenvalue weighted by atomic mass is 16.5. The summed E-state index contributed by atoms with van der Waals surface area (Å²) in [5.74, 6) is 1.32. The second-order valence-electron chi connectivity index (χ2n) is 5.80. The first kappa shape index (κ1) is 16.9. The number of Topliss-reactive ketones (excluding diaryl/α,β-unsaturated/α-hetero) is 1. The third-order valence-electron chi connectivity index (χ3n) is 4.36. The van der Waals surface area contributed by atoms with Gasteiger partial charge in [-0.05, 0) is 60.4 Å². The molecule has 0 bridgehead atoms. The molecular weight excluding hydrogens is 320 g/mol. The van der Waals surface area contributed by atoms with Crippen LogP contribution in [-0.4, -0.2) is 32.2 Å². The van der Waals surface area contributed by atoms with Crippen LogP contribution in [-0.2, 0) is 6.42 Å². The molecule has 5 nitrogen and oxygen atoms in total. The number of carbonyl (C=O) groups excluding carboxylic acids is 1. The van der Waals surface area contributed by atoms with Crippen molar-refractivity contribution in [3.63, 3.8) is 0 Å². The van der Waals surface area contributed by atoms with E-state index < -0.39 is 0 Å². The van der Waals surface area contributed by atoms with E-state index in [-0.39, 0.29) is 11.5 Å². The first-order valence-corrected chi connectivity index (χ1v) is 7.94. The van der Waals surface area contributed by atoms with Crippen LogP contribution in [0, 0.1) is 0 Å². The molecule has 5 heteroatoms. The van der Waals surface area contributed by atoms with Gasteiger partial charge in [-0.15, -0.1) is 0 Å². The maximum atomic E-state index is 12.8. The van der Waals surface area contributed by atoms with Crippen molar-refractivity contribution in [3.05, 3.63) is 52.6 Å². The Morgan fingerprint density at radius 1 is 0.960 bits per heavy atom. The highest BCUT2D eigenvalue weighted by Gasteiger charge is 2.22. The van der Waals surface area contributed by atoms with Crippen LogP contribution in [0.15, 0.2) is 35.9 Å². The number of methoxy groups -OCH3 is 3. The number of ether oxygens (including phenoxy) is 3. The summed E-state index contributed by atoms with van der Waals surface area (Å²) >= 11 is 0. The predicted octanol–water partition coefficient (Wildman–Crippen LogP) is 3.63. The van der Waals surface area contributed by atoms with Gasteiger partial charge in [0.05, 0.1) is 21.3 Å². The van der Waals surface area contributed by atoms with Crippen molar-refractivity contribution >= 4 is 11.9 Å². The van der Waals surface area contributed by atoms with E-state index >= 15 is 0 Å². The number of rotatable bonds is 4. The maximum absolute atomic E-state index is 12.8. The van der Waals surface area contributed by atoms with Gasteiger partial charge in [0, 0.05) is 11.1 Å². The van der Waals surface area contributed by atoms with E-state index in [0.29, 0.717) is 29.1 Å². The van der Waals surface area contributed by atoms with Crippen LogP contribution in [0.1, 0.15) is 27.9 Å². The molecule has 0 amide bonds. The van der Waals surface area contributed by atoms with E-state index in [1.165, 1.54) is 14.2 Å². The quantitative estimate of drug-likeness (QED) is 0.861. The second kappa shape index (κ2) is 6.89. The fraction of sp³-hybridized carbons (Fsp3) is 0.250. The summed E-state index contributed by atoms with van der Waals surface area (Å²) in [7, 11) is 4.56. The zero-order valence-electron chi connectivity index (χ0n) is 14.5. The molecule has 1 aliphatic carbocycles. The third-order valence-corrected chi connectivity index (χ3v) is 4.36. The lowest BCUT2D eigenvalue weighted by molar-refractivity contribution is 0.102. The van der Waals surface area contributed by atoms with Crippen molar-refractivity contribution in [1.82, 2.24) is 0 Å². The van der Waals surface area contributed by atoms with E-state index in [1.54, 1.807) is 25.3 Å². The van der Waals surface area contributed by atoms with Crippen LogP contribution in [0.5, 0.6) is 23.0 Å². The summed E-state index contributed by atoms with van der Waals surface area (Å²) in [5.41, 5.74) is 3.16. The number of phenolic OH excluding ortho intramolecular Hbond substituents is 1. The topological polar surface area (TPSA) is 65.0 Å². The van der Waals surface area contributed by atoms with Crippen molar-refractivity contribution in [2.24, 2.45) is 0 Å². The maximum Gasteiger partial charge on any atom is 0.200 e. The van der Waals surface area contributed by atoms with Crippen LogP contribution >= 0.6 is 0 Å². The van der Waals surface area contributed by atoms with Crippen molar-refractivity contribution in [1.29, 1.82) is 0 Å². The minimum atomic E-state index is -0.0560. The van der Waals surface area contributed by atoms with E-state index in [9.17, 15) is 9.90 Å². The molecule has 2 aromatic rings. The average molecular weight is 340 g/mol. The minimum Gasteiger partial charge on any atom is -0.502 e.